The molecule has 0 aromatic heterocycles. The van der Waals surface area contributed by atoms with Crippen molar-refractivity contribution in [2.24, 2.45) is 0 Å². The third-order valence-electron chi connectivity index (χ3n) is 3.22. The van der Waals surface area contributed by atoms with E-state index in [1.807, 2.05) is 52.0 Å². The highest BCUT2D eigenvalue weighted by Crippen LogP contribution is 2.19. The van der Waals surface area contributed by atoms with Gasteiger partial charge in [-0.15, -0.1) is 0 Å². The zero-order valence-corrected chi connectivity index (χ0v) is 13.0. The van der Waals surface area contributed by atoms with Gasteiger partial charge in [0.15, 0.2) is 0 Å². The van der Waals surface area contributed by atoms with E-state index in [0.717, 1.165) is 11.3 Å². The van der Waals surface area contributed by atoms with E-state index in [9.17, 15) is 9.59 Å². The Balaban J connectivity index is 2.01. The monoisotopic (exact) mass is 290 g/mol. The number of piperazine rings is 1. The number of ether oxygens (including phenoxy) is 1. The Morgan fingerprint density at radius 3 is 2.29 bits per heavy atom. The van der Waals surface area contributed by atoms with Gasteiger partial charge < -0.3 is 9.64 Å². The summed E-state index contributed by atoms with van der Waals surface area (Å²) in [5, 5.41) is 0. The smallest absolute Gasteiger partial charge is 0.410 e. The van der Waals surface area contributed by atoms with Gasteiger partial charge in [0.2, 0.25) is 5.91 Å². The third-order valence-corrected chi connectivity index (χ3v) is 3.22. The number of carbonyl (C=O) groups excluding carboxylic acids is 2. The molecule has 0 bridgehead atoms. The highest BCUT2D eigenvalue weighted by molar-refractivity contribution is 5.97. The maximum Gasteiger partial charge on any atom is 0.410 e. The van der Waals surface area contributed by atoms with Crippen LogP contribution in [0.4, 0.5) is 10.5 Å². The molecule has 1 aromatic rings. The van der Waals surface area contributed by atoms with E-state index in [2.05, 4.69) is 0 Å². The molecule has 2 amide bonds. The summed E-state index contributed by atoms with van der Waals surface area (Å²) in [5.74, 6) is -0.0871. The van der Waals surface area contributed by atoms with Gasteiger partial charge in [0.25, 0.3) is 0 Å². The molecule has 1 aliphatic rings. The van der Waals surface area contributed by atoms with Crippen molar-refractivity contribution < 1.29 is 14.3 Å². The molecular weight excluding hydrogens is 268 g/mol. The first-order valence-corrected chi connectivity index (χ1v) is 7.11. The number of aryl methyl sites for hydroxylation is 1. The second kappa shape index (κ2) is 5.76. The quantitative estimate of drug-likeness (QED) is 0.798. The van der Waals surface area contributed by atoms with Gasteiger partial charge in [0.1, 0.15) is 12.1 Å². The molecule has 0 atom stereocenters. The summed E-state index contributed by atoms with van der Waals surface area (Å²) >= 11 is 0. The van der Waals surface area contributed by atoms with E-state index in [-0.39, 0.29) is 12.5 Å². The molecule has 0 saturated carbocycles. The molecule has 1 aromatic carbocycles. The Morgan fingerprint density at radius 1 is 1.14 bits per heavy atom. The molecule has 0 spiro atoms. The molecule has 0 aliphatic carbocycles. The summed E-state index contributed by atoms with van der Waals surface area (Å²) < 4.78 is 5.30. The van der Waals surface area contributed by atoms with Gasteiger partial charge in [-0.2, -0.15) is 0 Å². The lowest BCUT2D eigenvalue weighted by Gasteiger charge is -2.35. The van der Waals surface area contributed by atoms with E-state index in [0.29, 0.717) is 13.1 Å². The van der Waals surface area contributed by atoms with Gasteiger partial charge in [-0.25, -0.2) is 4.79 Å². The maximum atomic E-state index is 12.2. The number of hydrogen-bond donors (Lipinski definition) is 0. The van der Waals surface area contributed by atoms with Crippen LogP contribution in [-0.4, -0.2) is 42.1 Å². The average molecular weight is 290 g/mol. The number of carbonyl (C=O) groups is 2. The molecule has 1 fully saturated rings. The molecule has 21 heavy (non-hydrogen) atoms. The molecule has 5 heteroatoms. The summed E-state index contributed by atoms with van der Waals surface area (Å²) in [4.78, 5) is 27.4. The number of nitrogens with zero attached hydrogens (tertiary/aromatic N) is 2. The molecule has 1 saturated heterocycles. The number of amides is 2. The number of rotatable bonds is 1. The van der Waals surface area contributed by atoms with E-state index in [4.69, 9.17) is 4.74 Å². The average Bonchev–Trinajstić information content (AvgIpc) is 2.38. The molecule has 1 heterocycles. The summed E-state index contributed by atoms with van der Waals surface area (Å²) in [6.45, 7) is 8.48. The predicted octanol–water partition coefficient (Wildman–Crippen LogP) is 2.58. The Hall–Kier alpha value is -2.04. The first-order valence-electron chi connectivity index (χ1n) is 7.11. The summed E-state index contributed by atoms with van der Waals surface area (Å²) in [7, 11) is 0. The van der Waals surface area contributed by atoms with E-state index in [1.165, 1.54) is 4.90 Å². The topological polar surface area (TPSA) is 49.9 Å². The highest BCUT2D eigenvalue weighted by Gasteiger charge is 2.30. The van der Waals surface area contributed by atoms with Crippen molar-refractivity contribution in [2.75, 3.05) is 24.5 Å². The van der Waals surface area contributed by atoms with Crippen molar-refractivity contribution in [3.63, 3.8) is 0 Å². The first-order chi connectivity index (χ1) is 9.76. The van der Waals surface area contributed by atoms with Crippen LogP contribution in [0.5, 0.6) is 0 Å². The molecule has 0 unspecified atom stereocenters. The van der Waals surface area contributed by atoms with Crippen molar-refractivity contribution in [1.82, 2.24) is 4.90 Å². The molecule has 1 aliphatic heterocycles. The fourth-order valence-corrected chi connectivity index (χ4v) is 2.15. The van der Waals surface area contributed by atoms with Crippen molar-refractivity contribution in [3.05, 3.63) is 29.8 Å². The van der Waals surface area contributed by atoms with Crippen molar-refractivity contribution >= 4 is 17.7 Å². The van der Waals surface area contributed by atoms with Crippen LogP contribution >= 0.6 is 0 Å². The Morgan fingerprint density at radius 2 is 1.76 bits per heavy atom. The standard InChI is InChI=1S/C16H22N2O3/c1-12-5-7-13(8-6-12)18-10-9-17(11-14(18)19)15(20)21-16(2,3)4/h5-8H,9-11H2,1-4H3. The van der Waals surface area contributed by atoms with E-state index in [1.54, 1.807) is 4.90 Å². The van der Waals surface area contributed by atoms with Crippen LogP contribution in [0, 0.1) is 6.92 Å². The fourth-order valence-electron chi connectivity index (χ4n) is 2.15. The Bertz CT molecular complexity index is 531. The van der Waals surface area contributed by atoms with Gasteiger partial charge >= 0.3 is 6.09 Å². The van der Waals surface area contributed by atoms with Crippen LogP contribution in [0.1, 0.15) is 26.3 Å². The minimum Gasteiger partial charge on any atom is -0.444 e. The Labute approximate surface area is 125 Å². The van der Waals surface area contributed by atoms with Crippen molar-refractivity contribution in [2.45, 2.75) is 33.3 Å². The maximum absolute atomic E-state index is 12.2. The van der Waals surface area contributed by atoms with Crippen LogP contribution in [0.15, 0.2) is 24.3 Å². The zero-order chi connectivity index (χ0) is 15.6. The van der Waals surface area contributed by atoms with Gasteiger partial charge in [0, 0.05) is 18.8 Å². The van der Waals surface area contributed by atoms with E-state index >= 15 is 0 Å². The van der Waals surface area contributed by atoms with Crippen LogP contribution in [-0.2, 0) is 9.53 Å². The lowest BCUT2D eigenvalue weighted by Crippen LogP contribution is -2.53. The molecule has 0 N–H and O–H groups in total. The predicted molar refractivity (Wildman–Crippen MR) is 81.3 cm³/mol. The molecular formula is C16H22N2O3. The van der Waals surface area contributed by atoms with Gasteiger partial charge in [-0.3, -0.25) is 9.69 Å². The molecule has 2 rings (SSSR count). The summed E-state index contributed by atoms with van der Waals surface area (Å²) in [6, 6.07) is 7.80. The highest BCUT2D eigenvalue weighted by atomic mass is 16.6. The van der Waals surface area contributed by atoms with Gasteiger partial charge in [-0.1, -0.05) is 17.7 Å². The van der Waals surface area contributed by atoms with Crippen LogP contribution in [0.25, 0.3) is 0 Å². The molecule has 0 radical (unpaired) electrons. The zero-order valence-electron chi connectivity index (χ0n) is 13.0. The van der Waals surface area contributed by atoms with E-state index < -0.39 is 11.7 Å². The van der Waals surface area contributed by atoms with Gasteiger partial charge in [0.05, 0.1) is 0 Å². The number of benzene rings is 1. The summed E-state index contributed by atoms with van der Waals surface area (Å²) in [6.07, 6.45) is -0.431. The van der Waals surface area contributed by atoms with Crippen molar-refractivity contribution in [3.8, 4) is 0 Å². The lowest BCUT2D eigenvalue weighted by atomic mass is 10.2. The Kier molecular flexibility index (Phi) is 4.21. The normalized spacial score (nSPS) is 16.1. The molecule has 5 nitrogen and oxygen atoms in total. The number of anilines is 1. The second-order valence-corrected chi connectivity index (χ2v) is 6.28. The molecule has 114 valence electrons. The van der Waals surface area contributed by atoms with Gasteiger partial charge in [-0.05, 0) is 39.8 Å². The van der Waals surface area contributed by atoms with Crippen LogP contribution in [0.3, 0.4) is 0 Å². The second-order valence-electron chi connectivity index (χ2n) is 6.28. The van der Waals surface area contributed by atoms with Crippen LogP contribution in [0.2, 0.25) is 0 Å². The van der Waals surface area contributed by atoms with Crippen molar-refractivity contribution in [1.29, 1.82) is 0 Å². The minimum atomic E-state index is -0.547. The lowest BCUT2D eigenvalue weighted by molar-refractivity contribution is -0.121. The summed E-state index contributed by atoms with van der Waals surface area (Å²) in [5.41, 5.74) is 1.47. The largest absolute Gasteiger partial charge is 0.444 e. The first kappa shape index (κ1) is 15.4. The van der Waals surface area contributed by atoms with Crippen LogP contribution < -0.4 is 4.90 Å². The minimum absolute atomic E-state index is 0.0583. The third kappa shape index (κ3) is 3.97. The number of hydrogen-bond acceptors (Lipinski definition) is 3. The SMILES string of the molecule is Cc1ccc(N2CCN(C(=O)OC(C)(C)C)CC2=O)cc1. The fraction of sp³-hybridized carbons (Fsp3) is 0.500.